The van der Waals surface area contributed by atoms with Gasteiger partial charge in [-0.05, 0) is 12.1 Å². The fourth-order valence-corrected chi connectivity index (χ4v) is 3.90. The predicted octanol–water partition coefficient (Wildman–Crippen LogP) is -1.21. The van der Waals surface area contributed by atoms with Gasteiger partial charge in [0, 0.05) is 10.9 Å². The molecule has 16 heteroatoms. The maximum Gasteiger partial charge on any atom is 0.339 e. The number of hydrogen-bond acceptors (Lipinski definition) is 11. The van der Waals surface area contributed by atoms with Crippen molar-refractivity contribution in [3.05, 3.63) is 47.0 Å². The summed E-state index contributed by atoms with van der Waals surface area (Å²) in [5, 5.41) is 7.56. The van der Waals surface area contributed by atoms with Gasteiger partial charge >= 0.3 is 16.2 Å². The number of benzene rings is 1. The summed E-state index contributed by atoms with van der Waals surface area (Å²) in [5.74, 6) is -2.66. The Morgan fingerprint density at radius 1 is 1.24 bits per heavy atom. The molecule has 0 bridgehead atoms. The van der Waals surface area contributed by atoms with Crippen LogP contribution in [0.5, 0.6) is 0 Å². The van der Waals surface area contributed by atoms with Gasteiger partial charge in [-0.2, -0.15) is 8.42 Å². The van der Waals surface area contributed by atoms with Crippen LogP contribution in [0.3, 0.4) is 0 Å². The molecule has 1 aromatic carbocycles. The summed E-state index contributed by atoms with van der Waals surface area (Å²) in [4.78, 5) is 57.9. The molecule has 33 heavy (non-hydrogen) atoms. The molecule has 1 aromatic heterocycles. The number of imide groups is 1. The highest BCUT2D eigenvalue weighted by Gasteiger charge is 2.43. The first-order valence-electron chi connectivity index (χ1n) is 9.00. The number of anilines is 1. The number of carbonyl (C=O) groups excluding carboxylic acids is 4. The van der Waals surface area contributed by atoms with Crippen LogP contribution in [0.25, 0.3) is 0 Å². The van der Waals surface area contributed by atoms with E-state index in [4.69, 9.17) is 5.73 Å². The number of carbonyl (C=O) groups is 4. The lowest BCUT2D eigenvalue weighted by molar-refractivity contribution is -0.141. The lowest BCUT2D eigenvalue weighted by Crippen LogP contribution is -2.68. The van der Waals surface area contributed by atoms with Crippen LogP contribution < -0.4 is 20.5 Å². The smallest absolute Gasteiger partial charge is 0.339 e. The van der Waals surface area contributed by atoms with Crippen LogP contribution in [0, 0.1) is 0 Å². The molecule has 0 unspecified atom stereocenters. The number of nitrogens with two attached hydrogens (primary N) is 1. The molecule has 0 spiro atoms. The van der Waals surface area contributed by atoms with Crippen LogP contribution in [0.15, 0.2) is 40.9 Å². The van der Waals surface area contributed by atoms with Crippen LogP contribution in [0.1, 0.15) is 16.1 Å². The zero-order valence-corrected chi connectivity index (χ0v) is 18.5. The molecule has 14 nitrogen and oxygen atoms in total. The normalized spacial score (nSPS) is 15.9. The number of aromatic nitrogens is 1. The van der Waals surface area contributed by atoms with Gasteiger partial charge in [-0.3, -0.25) is 19.3 Å². The molecule has 1 aliphatic rings. The van der Waals surface area contributed by atoms with Crippen molar-refractivity contribution < 1.29 is 32.4 Å². The van der Waals surface area contributed by atoms with Crippen LogP contribution in [0.4, 0.5) is 9.93 Å². The number of likely N-dealkylation sites (tertiary alicyclic amines) is 1. The van der Waals surface area contributed by atoms with Crippen molar-refractivity contribution in [1.82, 2.24) is 24.6 Å². The molecule has 1 atom stereocenters. The molecule has 1 saturated heterocycles. The third kappa shape index (κ3) is 5.60. The summed E-state index contributed by atoms with van der Waals surface area (Å²) in [6.07, 6.45) is 0. The van der Waals surface area contributed by atoms with Gasteiger partial charge in [-0.1, -0.05) is 23.4 Å². The van der Waals surface area contributed by atoms with Crippen molar-refractivity contribution in [2.75, 3.05) is 19.4 Å². The Hall–Kier alpha value is -4.05. The maximum atomic E-state index is 12.4. The molecule has 1 aliphatic heterocycles. The van der Waals surface area contributed by atoms with Crippen molar-refractivity contribution in [3.8, 4) is 0 Å². The number of rotatable bonds is 7. The Morgan fingerprint density at radius 3 is 2.52 bits per heavy atom. The van der Waals surface area contributed by atoms with E-state index in [0.29, 0.717) is 4.90 Å². The molecule has 2 heterocycles. The molecule has 2 aromatic rings. The molecule has 1 fully saturated rings. The molecule has 0 aliphatic carbocycles. The standard InChI is InChI=1S/C17H17N7O7S2/c1-31-21-12(11-8-32-16(18)20-11)14(26)19-10-7-24(15(10)27)17(28)23-33(29,30)22-13(25)9-5-3-2-4-6-9/h2-6,8,10H,7H2,1H3,(H2,18,20)(H,19,26)(H,22,25)(H,23,28)/t10-/m0/s1. The van der Waals surface area contributed by atoms with E-state index in [9.17, 15) is 27.6 Å². The Kier molecular flexibility index (Phi) is 6.88. The van der Waals surface area contributed by atoms with E-state index in [1.54, 1.807) is 15.5 Å². The molecule has 0 saturated carbocycles. The zero-order chi connectivity index (χ0) is 24.2. The van der Waals surface area contributed by atoms with E-state index < -0.39 is 40.0 Å². The minimum absolute atomic E-state index is 0.0496. The minimum Gasteiger partial charge on any atom is -0.398 e. The number of oxime groups is 1. The third-order valence-electron chi connectivity index (χ3n) is 4.13. The monoisotopic (exact) mass is 495 g/mol. The van der Waals surface area contributed by atoms with Crippen LogP contribution in [0.2, 0.25) is 0 Å². The Bertz CT molecular complexity index is 1230. The summed E-state index contributed by atoms with van der Waals surface area (Å²) in [6.45, 7) is -0.321. The van der Waals surface area contributed by atoms with Gasteiger partial charge in [0.1, 0.15) is 18.8 Å². The maximum absolute atomic E-state index is 12.4. The number of hydrogen-bond donors (Lipinski definition) is 4. The van der Waals surface area contributed by atoms with Gasteiger partial charge in [-0.15, -0.1) is 11.3 Å². The van der Waals surface area contributed by atoms with Crippen molar-refractivity contribution in [3.63, 3.8) is 0 Å². The van der Waals surface area contributed by atoms with E-state index in [-0.39, 0.29) is 28.6 Å². The summed E-state index contributed by atoms with van der Waals surface area (Å²) < 4.78 is 27.3. The summed E-state index contributed by atoms with van der Waals surface area (Å²) in [6, 6.07) is 5.02. The summed E-state index contributed by atoms with van der Waals surface area (Å²) in [5.41, 5.74) is 5.47. The highest BCUT2D eigenvalue weighted by Crippen LogP contribution is 2.14. The molecule has 3 rings (SSSR count). The Labute approximate surface area is 191 Å². The first kappa shape index (κ1) is 23.6. The van der Waals surface area contributed by atoms with E-state index in [0.717, 1.165) is 11.3 Å². The fraction of sp³-hybridized carbons (Fsp3) is 0.176. The third-order valence-corrected chi connectivity index (χ3v) is 5.70. The summed E-state index contributed by atoms with van der Waals surface area (Å²) in [7, 11) is -3.39. The first-order chi connectivity index (χ1) is 15.6. The molecule has 5 N–H and O–H groups in total. The van der Waals surface area contributed by atoms with Gasteiger partial charge in [0.25, 0.3) is 17.7 Å². The SMILES string of the molecule is CON=C(C(=O)N[C@H]1CN(C(=O)NS(=O)(=O)NC(=O)c2ccccc2)C1=O)c1csc(N)n1. The van der Waals surface area contributed by atoms with Crippen molar-refractivity contribution in [2.45, 2.75) is 6.04 Å². The fourth-order valence-electron chi connectivity index (χ4n) is 2.60. The van der Waals surface area contributed by atoms with Crippen molar-refractivity contribution in [2.24, 2.45) is 5.16 Å². The Balaban J connectivity index is 1.56. The average Bonchev–Trinajstić information content (AvgIpc) is 3.19. The van der Waals surface area contributed by atoms with E-state index >= 15 is 0 Å². The Morgan fingerprint density at radius 2 is 1.94 bits per heavy atom. The molecular weight excluding hydrogens is 478 g/mol. The highest BCUT2D eigenvalue weighted by atomic mass is 32.2. The minimum atomic E-state index is -4.60. The second-order valence-corrected chi connectivity index (χ2v) is 8.68. The molecule has 0 radical (unpaired) electrons. The number of amides is 5. The van der Waals surface area contributed by atoms with Gasteiger partial charge in [-0.25, -0.2) is 19.2 Å². The molecular formula is C17H17N7O7S2. The van der Waals surface area contributed by atoms with E-state index in [2.05, 4.69) is 20.3 Å². The first-order valence-corrected chi connectivity index (χ1v) is 11.4. The van der Waals surface area contributed by atoms with Crippen molar-refractivity contribution >= 4 is 56.1 Å². The number of urea groups is 1. The summed E-state index contributed by atoms with van der Waals surface area (Å²) >= 11 is 1.06. The predicted molar refractivity (Wildman–Crippen MR) is 115 cm³/mol. The highest BCUT2D eigenvalue weighted by molar-refractivity contribution is 7.88. The lowest BCUT2D eigenvalue weighted by Gasteiger charge is -2.36. The molecule has 5 amide bonds. The number of β-lactam (4-membered cyclic amide) rings is 1. The topological polar surface area (TPSA) is 202 Å². The zero-order valence-electron chi connectivity index (χ0n) is 16.8. The van der Waals surface area contributed by atoms with Gasteiger partial charge in [0.2, 0.25) is 0 Å². The second kappa shape index (κ2) is 9.61. The number of nitrogen functional groups attached to an aromatic ring is 1. The van der Waals surface area contributed by atoms with E-state index in [1.807, 2.05) is 0 Å². The van der Waals surface area contributed by atoms with Gasteiger partial charge in [0.15, 0.2) is 10.8 Å². The molecule has 174 valence electrons. The van der Waals surface area contributed by atoms with Crippen LogP contribution in [-0.2, 0) is 24.6 Å². The largest absolute Gasteiger partial charge is 0.398 e. The van der Waals surface area contributed by atoms with E-state index in [1.165, 1.54) is 36.8 Å². The van der Waals surface area contributed by atoms with Crippen LogP contribution in [-0.4, -0.2) is 67.5 Å². The van der Waals surface area contributed by atoms with Gasteiger partial charge < -0.3 is 15.9 Å². The average molecular weight is 495 g/mol. The number of nitrogens with zero attached hydrogens (tertiary/aromatic N) is 3. The van der Waals surface area contributed by atoms with Gasteiger partial charge in [0.05, 0.1) is 6.54 Å². The second-order valence-electron chi connectivity index (χ2n) is 6.38. The number of thiazole rings is 1. The number of nitrogens with one attached hydrogen (secondary N) is 3. The van der Waals surface area contributed by atoms with Crippen LogP contribution >= 0.6 is 11.3 Å². The quantitative estimate of drug-likeness (QED) is 0.206. The van der Waals surface area contributed by atoms with Crippen molar-refractivity contribution in [1.29, 1.82) is 0 Å². The lowest BCUT2D eigenvalue weighted by atomic mass is 10.1.